The minimum absolute atomic E-state index is 0.161. The molecule has 1 heterocycles. The van der Waals surface area contributed by atoms with Crippen LogP contribution >= 0.6 is 0 Å². The number of nitrogens with zero attached hydrogens (tertiary/aromatic N) is 2. The summed E-state index contributed by atoms with van der Waals surface area (Å²) in [5, 5.41) is 6.97. The summed E-state index contributed by atoms with van der Waals surface area (Å²) in [6, 6.07) is 0. The summed E-state index contributed by atoms with van der Waals surface area (Å²) in [4.78, 5) is 7.44. The van der Waals surface area contributed by atoms with Gasteiger partial charge in [-0.2, -0.15) is 0 Å². The fraction of sp³-hybridized carbons (Fsp3) is 0. The average Bonchev–Trinajstić information content (AvgIpc) is 1.88. The molecule has 0 saturated heterocycles. The quantitative estimate of drug-likeness (QED) is 0.353. The van der Waals surface area contributed by atoms with Gasteiger partial charge in [0.2, 0.25) is 0 Å². The van der Waals surface area contributed by atoms with Crippen molar-refractivity contribution in [3.05, 3.63) is 18.1 Å². The highest BCUT2D eigenvalue weighted by Gasteiger charge is 2.01. The molecule has 0 aliphatic rings. The number of amidine groups is 1. The Balaban J connectivity index is 3.15. The van der Waals surface area contributed by atoms with Gasteiger partial charge in [0.15, 0.2) is 5.82 Å². The van der Waals surface area contributed by atoms with E-state index in [4.69, 9.17) is 16.9 Å². The smallest absolute Gasteiger partial charge is 0.153 e. The molecular formula is C5H7N5. The van der Waals surface area contributed by atoms with Gasteiger partial charge in [-0.15, -0.1) is 0 Å². The number of nitrogens with two attached hydrogens (primary N) is 2. The van der Waals surface area contributed by atoms with E-state index in [9.17, 15) is 0 Å². The Morgan fingerprint density at radius 1 is 1.40 bits per heavy atom. The first-order valence-electron chi connectivity index (χ1n) is 2.62. The number of aromatic nitrogens is 2. The van der Waals surface area contributed by atoms with Gasteiger partial charge in [0.05, 0.1) is 0 Å². The number of anilines is 1. The van der Waals surface area contributed by atoms with E-state index in [0.717, 1.165) is 0 Å². The Kier molecular flexibility index (Phi) is 1.49. The van der Waals surface area contributed by atoms with Crippen LogP contribution in [0.2, 0.25) is 0 Å². The van der Waals surface area contributed by atoms with Gasteiger partial charge in [0.25, 0.3) is 0 Å². The zero-order valence-electron chi connectivity index (χ0n) is 5.20. The average molecular weight is 137 g/mol. The molecule has 0 amide bonds. The molecule has 52 valence electrons. The van der Waals surface area contributed by atoms with E-state index in [-0.39, 0.29) is 17.3 Å². The zero-order valence-corrected chi connectivity index (χ0v) is 5.20. The van der Waals surface area contributed by atoms with Crippen LogP contribution in [0.1, 0.15) is 5.69 Å². The van der Waals surface area contributed by atoms with E-state index in [0.29, 0.717) is 0 Å². The first kappa shape index (κ1) is 6.47. The van der Waals surface area contributed by atoms with Gasteiger partial charge < -0.3 is 11.5 Å². The lowest BCUT2D eigenvalue weighted by molar-refractivity contribution is 1.17. The normalized spacial score (nSPS) is 9.20. The number of nitrogens with one attached hydrogen (secondary N) is 1. The first-order chi connectivity index (χ1) is 4.72. The maximum Gasteiger partial charge on any atom is 0.153 e. The summed E-state index contributed by atoms with van der Waals surface area (Å²) in [7, 11) is 0. The van der Waals surface area contributed by atoms with Crippen LogP contribution in [0.5, 0.6) is 0 Å². The highest BCUT2D eigenvalue weighted by molar-refractivity contribution is 5.96. The van der Waals surface area contributed by atoms with Crippen LogP contribution in [0.4, 0.5) is 5.82 Å². The summed E-state index contributed by atoms with van der Waals surface area (Å²) in [5.74, 6) is 0.0283. The minimum Gasteiger partial charge on any atom is -0.382 e. The number of hydrogen-bond donors (Lipinski definition) is 3. The Labute approximate surface area is 57.6 Å². The van der Waals surface area contributed by atoms with E-state index in [2.05, 4.69) is 9.97 Å². The molecule has 5 nitrogen and oxygen atoms in total. The van der Waals surface area contributed by atoms with Gasteiger partial charge in [-0.25, -0.2) is 9.97 Å². The number of hydrogen-bond acceptors (Lipinski definition) is 4. The van der Waals surface area contributed by atoms with Crippen molar-refractivity contribution in [3.8, 4) is 0 Å². The van der Waals surface area contributed by atoms with Crippen molar-refractivity contribution in [1.29, 1.82) is 5.41 Å². The van der Waals surface area contributed by atoms with Crippen LogP contribution in [-0.2, 0) is 0 Å². The lowest BCUT2D eigenvalue weighted by atomic mass is 10.4. The topological polar surface area (TPSA) is 102 Å². The van der Waals surface area contributed by atoms with Crippen molar-refractivity contribution in [3.63, 3.8) is 0 Å². The molecule has 0 saturated carbocycles. The molecule has 0 unspecified atom stereocenters. The molecule has 0 aromatic carbocycles. The predicted molar refractivity (Wildman–Crippen MR) is 37.5 cm³/mol. The molecule has 0 fully saturated rings. The van der Waals surface area contributed by atoms with Crippen molar-refractivity contribution in [2.75, 3.05) is 5.73 Å². The standard InChI is InChI=1S/C5H7N5/c6-4(7)3-5(8)10-2-1-9-3/h1-2H,(H3,6,7)(H2,8,10). The van der Waals surface area contributed by atoms with E-state index in [1.165, 1.54) is 12.4 Å². The van der Waals surface area contributed by atoms with Crippen molar-refractivity contribution >= 4 is 11.7 Å². The molecular weight excluding hydrogens is 130 g/mol. The van der Waals surface area contributed by atoms with E-state index < -0.39 is 0 Å². The predicted octanol–water partition coefficient (Wildman–Crippen LogP) is -0.657. The van der Waals surface area contributed by atoms with Crippen LogP contribution < -0.4 is 11.5 Å². The van der Waals surface area contributed by atoms with Gasteiger partial charge in [-0.05, 0) is 0 Å². The Morgan fingerprint density at radius 3 is 2.40 bits per heavy atom. The molecule has 0 spiro atoms. The fourth-order valence-electron chi connectivity index (χ4n) is 0.556. The number of nitrogen functional groups attached to an aromatic ring is 2. The summed E-state index contributed by atoms with van der Waals surface area (Å²) >= 11 is 0. The van der Waals surface area contributed by atoms with E-state index >= 15 is 0 Å². The van der Waals surface area contributed by atoms with Crippen molar-refractivity contribution in [2.45, 2.75) is 0 Å². The van der Waals surface area contributed by atoms with Gasteiger partial charge in [-0.3, -0.25) is 5.41 Å². The zero-order chi connectivity index (χ0) is 7.56. The van der Waals surface area contributed by atoms with Crippen molar-refractivity contribution in [1.82, 2.24) is 9.97 Å². The molecule has 5 heteroatoms. The fourth-order valence-corrected chi connectivity index (χ4v) is 0.556. The minimum atomic E-state index is -0.161. The molecule has 0 aliphatic carbocycles. The van der Waals surface area contributed by atoms with Gasteiger partial charge in [-0.1, -0.05) is 0 Å². The molecule has 0 bridgehead atoms. The van der Waals surface area contributed by atoms with Crippen LogP contribution in [0, 0.1) is 5.41 Å². The van der Waals surface area contributed by atoms with Crippen molar-refractivity contribution in [2.24, 2.45) is 5.73 Å². The lowest BCUT2D eigenvalue weighted by Gasteiger charge is -1.97. The second-order valence-corrected chi connectivity index (χ2v) is 1.70. The maximum absolute atomic E-state index is 6.97. The Hall–Kier alpha value is -1.65. The lowest BCUT2D eigenvalue weighted by Crippen LogP contribution is -2.16. The third-order valence-electron chi connectivity index (χ3n) is 0.982. The first-order valence-corrected chi connectivity index (χ1v) is 2.62. The summed E-state index contributed by atoms with van der Waals surface area (Å²) < 4.78 is 0. The van der Waals surface area contributed by atoms with Crippen LogP contribution in [0.25, 0.3) is 0 Å². The molecule has 1 aromatic heterocycles. The molecule has 10 heavy (non-hydrogen) atoms. The SMILES string of the molecule is N=C(N)c1nccnc1N. The maximum atomic E-state index is 6.97. The summed E-state index contributed by atoms with van der Waals surface area (Å²) in [6.45, 7) is 0. The molecule has 0 aliphatic heterocycles. The Morgan fingerprint density at radius 2 is 2.00 bits per heavy atom. The third kappa shape index (κ3) is 1.02. The molecule has 0 atom stereocenters. The van der Waals surface area contributed by atoms with Gasteiger partial charge in [0.1, 0.15) is 11.5 Å². The van der Waals surface area contributed by atoms with Crippen LogP contribution in [-0.4, -0.2) is 15.8 Å². The number of rotatable bonds is 1. The highest BCUT2D eigenvalue weighted by atomic mass is 14.9. The third-order valence-corrected chi connectivity index (χ3v) is 0.982. The second-order valence-electron chi connectivity index (χ2n) is 1.70. The summed E-state index contributed by atoms with van der Waals surface area (Å²) in [5.41, 5.74) is 10.7. The van der Waals surface area contributed by atoms with Crippen LogP contribution in [0.3, 0.4) is 0 Å². The van der Waals surface area contributed by atoms with Crippen LogP contribution in [0.15, 0.2) is 12.4 Å². The van der Waals surface area contributed by atoms with Gasteiger partial charge >= 0.3 is 0 Å². The largest absolute Gasteiger partial charge is 0.382 e. The van der Waals surface area contributed by atoms with E-state index in [1.54, 1.807) is 0 Å². The molecule has 1 aromatic rings. The van der Waals surface area contributed by atoms with Crippen molar-refractivity contribution < 1.29 is 0 Å². The monoisotopic (exact) mass is 137 g/mol. The molecule has 1 rings (SSSR count). The Bertz CT molecular complexity index is 256. The second kappa shape index (κ2) is 2.30. The molecule has 5 N–H and O–H groups in total. The van der Waals surface area contributed by atoms with E-state index in [1.807, 2.05) is 0 Å². The summed E-state index contributed by atoms with van der Waals surface area (Å²) in [6.07, 6.45) is 2.88. The highest BCUT2D eigenvalue weighted by Crippen LogP contribution is 1.99. The molecule has 0 radical (unpaired) electrons. The van der Waals surface area contributed by atoms with Gasteiger partial charge in [0, 0.05) is 12.4 Å².